The predicted molar refractivity (Wildman–Crippen MR) is 95.4 cm³/mol. The summed E-state index contributed by atoms with van der Waals surface area (Å²) < 4.78 is 12.3. The Hall–Kier alpha value is 0.274. The summed E-state index contributed by atoms with van der Waals surface area (Å²) in [5.41, 5.74) is 0. The van der Waals surface area contributed by atoms with E-state index in [1.165, 1.54) is 0 Å². The van der Waals surface area contributed by atoms with Crippen molar-refractivity contribution in [3.8, 4) is 0 Å². The Bertz CT molecular complexity index is 290. The van der Waals surface area contributed by atoms with Crippen molar-refractivity contribution in [3.63, 3.8) is 0 Å². The summed E-state index contributed by atoms with van der Waals surface area (Å²) in [5, 5.41) is 0.374. The van der Waals surface area contributed by atoms with Gasteiger partial charge >= 0.3 is 0 Å². The molecule has 0 aliphatic rings. The van der Waals surface area contributed by atoms with Crippen LogP contribution >= 0.6 is 0 Å². The molecule has 0 fully saturated rings. The van der Waals surface area contributed by atoms with Crippen LogP contribution in [0, 0.1) is 0 Å². The molecule has 2 N–H and O–H groups in total. The van der Waals surface area contributed by atoms with E-state index in [-0.39, 0.29) is 16.2 Å². The molecule has 0 bridgehead atoms. The van der Waals surface area contributed by atoms with Gasteiger partial charge in [0.05, 0.1) is 13.2 Å². The molecule has 21 heavy (non-hydrogen) atoms. The lowest BCUT2D eigenvalue weighted by atomic mass is 10.2. The van der Waals surface area contributed by atoms with Gasteiger partial charge in [0.15, 0.2) is 16.6 Å². The van der Waals surface area contributed by atoms with E-state index in [9.17, 15) is 0 Å². The lowest BCUT2D eigenvalue weighted by Gasteiger charge is -2.39. The van der Waals surface area contributed by atoms with Crippen LogP contribution < -0.4 is 5.90 Å². The van der Waals surface area contributed by atoms with Gasteiger partial charge in [-0.25, -0.2) is 5.90 Å². The average Bonchev–Trinajstić information content (AvgIpc) is 2.26. The van der Waals surface area contributed by atoms with E-state index in [1.807, 2.05) is 0 Å². The second-order valence-electron chi connectivity index (χ2n) is 8.90. The highest BCUT2D eigenvalue weighted by atomic mass is 28.4. The van der Waals surface area contributed by atoms with Crippen molar-refractivity contribution in [1.29, 1.82) is 0 Å². The molecule has 0 radical (unpaired) electrons. The molecule has 0 aliphatic heterocycles. The molecule has 0 unspecified atom stereocenters. The fourth-order valence-corrected chi connectivity index (χ4v) is 3.23. The molecule has 0 aromatic heterocycles. The lowest BCUT2D eigenvalue weighted by molar-refractivity contribution is -0.0145. The van der Waals surface area contributed by atoms with Gasteiger partial charge in [0.2, 0.25) is 0 Å². The van der Waals surface area contributed by atoms with E-state index in [4.69, 9.17) is 19.6 Å². The first-order valence-corrected chi connectivity index (χ1v) is 13.6. The highest BCUT2D eigenvalue weighted by Crippen LogP contribution is 2.38. The van der Waals surface area contributed by atoms with E-state index >= 15 is 0 Å². The molecular formula is C15H37NO3Si2. The summed E-state index contributed by atoms with van der Waals surface area (Å²) in [6.45, 7) is 23.3. The van der Waals surface area contributed by atoms with Crippen LogP contribution in [0.1, 0.15) is 41.5 Å². The third-order valence-corrected chi connectivity index (χ3v) is 14.1. The summed E-state index contributed by atoms with van der Waals surface area (Å²) >= 11 is 0. The van der Waals surface area contributed by atoms with Crippen LogP contribution in [0.15, 0.2) is 0 Å². The first-order chi connectivity index (χ1) is 9.14. The van der Waals surface area contributed by atoms with Crippen LogP contribution in [0.25, 0.3) is 0 Å². The van der Waals surface area contributed by atoms with Gasteiger partial charge in [-0.1, -0.05) is 41.5 Å². The van der Waals surface area contributed by atoms with Crippen LogP contribution in [0.4, 0.5) is 0 Å². The van der Waals surface area contributed by atoms with Gasteiger partial charge in [0, 0.05) is 0 Å². The molecule has 4 nitrogen and oxygen atoms in total. The molecule has 0 saturated carbocycles. The van der Waals surface area contributed by atoms with Crippen LogP contribution in [-0.2, 0) is 13.7 Å². The van der Waals surface area contributed by atoms with E-state index in [0.717, 1.165) is 0 Å². The minimum Gasteiger partial charge on any atom is -0.414 e. The lowest BCUT2D eigenvalue weighted by Crippen LogP contribution is -2.46. The monoisotopic (exact) mass is 335 g/mol. The van der Waals surface area contributed by atoms with Gasteiger partial charge in [0.1, 0.15) is 6.10 Å². The van der Waals surface area contributed by atoms with Crippen LogP contribution in [0.3, 0.4) is 0 Å². The predicted octanol–water partition coefficient (Wildman–Crippen LogP) is 4.29. The van der Waals surface area contributed by atoms with Crippen molar-refractivity contribution in [2.24, 2.45) is 5.90 Å². The van der Waals surface area contributed by atoms with Gasteiger partial charge in [0.25, 0.3) is 0 Å². The van der Waals surface area contributed by atoms with Crippen molar-refractivity contribution in [2.75, 3.05) is 13.2 Å². The molecular weight excluding hydrogens is 298 g/mol. The molecule has 0 aliphatic carbocycles. The van der Waals surface area contributed by atoms with E-state index < -0.39 is 16.6 Å². The Morgan fingerprint density at radius 2 is 1.05 bits per heavy atom. The molecule has 0 aromatic rings. The molecule has 0 aromatic carbocycles. The summed E-state index contributed by atoms with van der Waals surface area (Å²) in [7, 11) is -3.55. The number of rotatable bonds is 7. The minimum absolute atomic E-state index is 0.187. The van der Waals surface area contributed by atoms with E-state index in [1.54, 1.807) is 0 Å². The molecule has 6 heteroatoms. The third-order valence-electron chi connectivity index (χ3n) is 5.06. The maximum atomic E-state index is 6.17. The number of nitrogens with two attached hydrogens (primary N) is 1. The Morgan fingerprint density at radius 3 is 1.24 bits per heavy atom. The van der Waals surface area contributed by atoms with Gasteiger partial charge < -0.3 is 8.85 Å². The molecule has 0 spiro atoms. The maximum absolute atomic E-state index is 6.17. The average molecular weight is 336 g/mol. The van der Waals surface area contributed by atoms with Gasteiger partial charge in [-0.05, 0) is 36.3 Å². The molecule has 0 amide bonds. The van der Waals surface area contributed by atoms with Crippen molar-refractivity contribution < 1.29 is 13.7 Å². The zero-order chi connectivity index (χ0) is 17.1. The maximum Gasteiger partial charge on any atom is 0.192 e. The quantitative estimate of drug-likeness (QED) is 0.557. The fraction of sp³-hybridized carbons (Fsp3) is 1.00. The van der Waals surface area contributed by atoms with Crippen molar-refractivity contribution in [1.82, 2.24) is 0 Å². The van der Waals surface area contributed by atoms with Crippen molar-refractivity contribution in [3.05, 3.63) is 0 Å². The second-order valence-corrected chi connectivity index (χ2v) is 18.5. The Kier molecular flexibility index (Phi) is 7.32. The summed E-state index contributed by atoms with van der Waals surface area (Å²) in [5.74, 6) is 5.42. The smallest absolute Gasteiger partial charge is 0.192 e. The second kappa shape index (κ2) is 7.23. The van der Waals surface area contributed by atoms with E-state index in [0.29, 0.717) is 13.2 Å². The zero-order valence-electron chi connectivity index (χ0n) is 15.8. The highest BCUT2D eigenvalue weighted by molar-refractivity contribution is 6.74. The fourth-order valence-electron chi connectivity index (χ4n) is 1.16. The first-order valence-electron chi connectivity index (χ1n) is 7.77. The first kappa shape index (κ1) is 21.3. The number of hydrogen-bond donors (Lipinski definition) is 1. The highest BCUT2D eigenvalue weighted by Gasteiger charge is 2.39. The Balaban J connectivity index is 4.51. The molecule has 0 atom stereocenters. The van der Waals surface area contributed by atoms with Crippen LogP contribution in [0.2, 0.25) is 36.3 Å². The third kappa shape index (κ3) is 6.50. The van der Waals surface area contributed by atoms with Crippen LogP contribution in [0.5, 0.6) is 0 Å². The van der Waals surface area contributed by atoms with Crippen LogP contribution in [-0.4, -0.2) is 36.0 Å². The minimum atomic E-state index is -1.78. The van der Waals surface area contributed by atoms with Crippen molar-refractivity contribution in [2.45, 2.75) is 83.9 Å². The SMILES string of the molecule is CC(C)(C)[Si](C)(C)OCC(CO[Si](C)(C)C(C)(C)C)ON. The van der Waals surface area contributed by atoms with Gasteiger partial charge in [-0.3, -0.25) is 4.84 Å². The molecule has 0 saturated heterocycles. The largest absolute Gasteiger partial charge is 0.414 e. The van der Waals surface area contributed by atoms with Gasteiger partial charge in [-0.2, -0.15) is 0 Å². The van der Waals surface area contributed by atoms with Gasteiger partial charge in [-0.15, -0.1) is 0 Å². The summed E-state index contributed by atoms with van der Waals surface area (Å²) in [4.78, 5) is 5.06. The molecule has 0 heterocycles. The molecule has 0 rings (SSSR count). The molecule has 128 valence electrons. The van der Waals surface area contributed by atoms with Crippen molar-refractivity contribution >= 4 is 16.6 Å². The normalized spacial score (nSPS) is 14.9. The topological polar surface area (TPSA) is 53.7 Å². The number of hydrogen-bond acceptors (Lipinski definition) is 4. The summed E-state index contributed by atoms with van der Waals surface area (Å²) in [6, 6.07) is 0. The standard InChI is InChI=1S/C15H37NO3Si2/c1-14(2,3)20(7,8)17-11-13(19-16)12-18-21(9,10)15(4,5)6/h13H,11-12,16H2,1-10H3. The summed E-state index contributed by atoms with van der Waals surface area (Å²) in [6.07, 6.45) is -0.201. The Morgan fingerprint density at radius 1 is 0.762 bits per heavy atom. The van der Waals surface area contributed by atoms with E-state index in [2.05, 4.69) is 67.7 Å². The zero-order valence-corrected chi connectivity index (χ0v) is 17.8. The Labute approximate surface area is 133 Å².